The second-order valence-electron chi connectivity index (χ2n) is 3.73. The minimum Gasteiger partial charge on any atom is -0.295 e. The highest BCUT2D eigenvalue weighted by molar-refractivity contribution is 5.22. The van der Waals surface area contributed by atoms with E-state index in [4.69, 9.17) is 5.26 Å². The fourth-order valence-corrected chi connectivity index (χ4v) is 1.64. The Labute approximate surface area is 84.0 Å². The lowest BCUT2D eigenvalue weighted by molar-refractivity contribution is 0.0943. The zero-order chi connectivity index (χ0) is 9.97. The molecule has 0 radical (unpaired) electrons. The molecular formula is C11H13N3. The van der Waals surface area contributed by atoms with Gasteiger partial charge in [-0.05, 0) is 25.5 Å². The standard InChI is InChI=1S/C11H13N3/c1-9-5-6-14(9)8-11-4-2-3-10(7-12)13-11/h2-4,9H,5-6,8H2,1H3. The summed E-state index contributed by atoms with van der Waals surface area (Å²) in [6.45, 7) is 4.24. The van der Waals surface area contributed by atoms with Crippen molar-refractivity contribution in [3.05, 3.63) is 29.6 Å². The minimum absolute atomic E-state index is 0.510. The van der Waals surface area contributed by atoms with Gasteiger partial charge in [0.15, 0.2) is 0 Å². The van der Waals surface area contributed by atoms with E-state index < -0.39 is 0 Å². The SMILES string of the molecule is CC1CCN1Cc1cccc(C#N)n1. The third-order valence-electron chi connectivity index (χ3n) is 2.74. The highest BCUT2D eigenvalue weighted by Gasteiger charge is 2.23. The van der Waals surface area contributed by atoms with Crippen molar-refractivity contribution >= 4 is 0 Å². The molecule has 1 aromatic heterocycles. The average molecular weight is 187 g/mol. The van der Waals surface area contributed by atoms with Gasteiger partial charge in [-0.25, -0.2) is 4.98 Å². The number of pyridine rings is 1. The predicted octanol–water partition coefficient (Wildman–Crippen LogP) is 1.55. The van der Waals surface area contributed by atoms with E-state index in [0.717, 1.165) is 18.8 Å². The molecule has 3 heteroatoms. The molecule has 1 aromatic rings. The van der Waals surface area contributed by atoms with Crippen LogP contribution in [0, 0.1) is 11.3 Å². The highest BCUT2D eigenvalue weighted by Crippen LogP contribution is 2.18. The van der Waals surface area contributed by atoms with E-state index in [2.05, 4.69) is 22.9 Å². The summed E-state index contributed by atoms with van der Waals surface area (Å²) >= 11 is 0. The molecule has 3 nitrogen and oxygen atoms in total. The first-order valence-electron chi connectivity index (χ1n) is 4.89. The number of likely N-dealkylation sites (tertiary alicyclic amines) is 1. The van der Waals surface area contributed by atoms with Crippen LogP contribution in [-0.2, 0) is 6.54 Å². The maximum atomic E-state index is 8.69. The lowest BCUT2D eigenvalue weighted by Crippen LogP contribution is -2.44. The van der Waals surface area contributed by atoms with Gasteiger partial charge in [-0.15, -0.1) is 0 Å². The van der Waals surface area contributed by atoms with Crippen LogP contribution in [0.1, 0.15) is 24.7 Å². The Hall–Kier alpha value is -1.40. The Bertz CT molecular complexity index is 367. The molecule has 2 heterocycles. The maximum Gasteiger partial charge on any atom is 0.140 e. The molecule has 1 aliphatic heterocycles. The van der Waals surface area contributed by atoms with Gasteiger partial charge in [0.25, 0.3) is 0 Å². The van der Waals surface area contributed by atoms with Crippen LogP contribution in [0.5, 0.6) is 0 Å². The average Bonchev–Trinajstić information content (AvgIpc) is 2.24. The van der Waals surface area contributed by atoms with Gasteiger partial charge in [0.05, 0.1) is 5.69 Å². The number of hydrogen-bond donors (Lipinski definition) is 0. The van der Waals surface area contributed by atoms with Crippen molar-refractivity contribution in [2.45, 2.75) is 25.9 Å². The van der Waals surface area contributed by atoms with E-state index in [-0.39, 0.29) is 0 Å². The maximum absolute atomic E-state index is 8.69. The molecule has 14 heavy (non-hydrogen) atoms. The Morgan fingerprint density at radius 1 is 1.64 bits per heavy atom. The van der Waals surface area contributed by atoms with Gasteiger partial charge in [0.1, 0.15) is 11.8 Å². The van der Waals surface area contributed by atoms with Gasteiger partial charge in [-0.3, -0.25) is 4.90 Å². The first-order chi connectivity index (χ1) is 6.79. The van der Waals surface area contributed by atoms with E-state index in [1.54, 1.807) is 6.07 Å². The molecule has 1 fully saturated rings. The Kier molecular flexibility index (Phi) is 2.47. The Morgan fingerprint density at radius 2 is 2.50 bits per heavy atom. The summed E-state index contributed by atoms with van der Waals surface area (Å²) in [5.74, 6) is 0. The van der Waals surface area contributed by atoms with Crippen molar-refractivity contribution in [1.29, 1.82) is 5.26 Å². The van der Waals surface area contributed by atoms with Crippen molar-refractivity contribution in [2.24, 2.45) is 0 Å². The molecule has 1 aliphatic rings. The summed E-state index contributed by atoms with van der Waals surface area (Å²) in [4.78, 5) is 6.61. The van der Waals surface area contributed by atoms with E-state index >= 15 is 0 Å². The molecule has 0 aromatic carbocycles. The number of nitriles is 1. The fraction of sp³-hybridized carbons (Fsp3) is 0.455. The Morgan fingerprint density at radius 3 is 3.07 bits per heavy atom. The molecule has 0 saturated carbocycles. The van der Waals surface area contributed by atoms with Gasteiger partial charge < -0.3 is 0 Å². The third-order valence-corrected chi connectivity index (χ3v) is 2.74. The summed E-state index contributed by atoms with van der Waals surface area (Å²) in [5, 5.41) is 8.69. The summed E-state index contributed by atoms with van der Waals surface area (Å²) in [6, 6.07) is 8.34. The van der Waals surface area contributed by atoms with Crippen LogP contribution in [0.25, 0.3) is 0 Å². The van der Waals surface area contributed by atoms with Crippen LogP contribution >= 0.6 is 0 Å². The highest BCUT2D eigenvalue weighted by atomic mass is 15.2. The number of rotatable bonds is 2. The topological polar surface area (TPSA) is 39.9 Å². The number of nitrogens with zero attached hydrogens (tertiary/aromatic N) is 3. The second-order valence-corrected chi connectivity index (χ2v) is 3.73. The van der Waals surface area contributed by atoms with Crippen molar-refractivity contribution in [3.8, 4) is 6.07 Å². The minimum atomic E-state index is 0.510. The molecular weight excluding hydrogens is 174 g/mol. The number of hydrogen-bond acceptors (Lipinski definition) is 3. The molecule has 0 aliphatic carbocycles. The van der Waals surface area contributed by atoms with Crippen LogP contribution in [0.2, 0.25) is 0 Å². The van der Waals surface area contributed by atoms with Crippen molar-refractivity contribution in [3.63, 3.8) is 0 Å². The quantitative estimate of drug-likeness (QED) is 0.705. The number of aromatic nitrogens is 1. The van der Waals surface area contributed by atoms with Crippen molar-refractivity contribution in [1.82, 2.24) is 9.88 Å². The van der Waals surface area contributed by atoms with Crippen LogP contribution in [0.15, 0.2) is 18.2 Å². The first-order valence-corrected chi connectivity index (χ1v) is 4.89. The summed E-state index contributed by atoms with van der Waals surface area (Å²) < 4.78 is 0. The van der Waals surface area contributed by atoms with Crippen LogP contribution in [0.4, 0.5) is 0 Å². The van der Waals surface area contributed by atoms with Crippen molar-refractivity contribution < 1.29 is 0 Å². The van der Waals surface area contributed by atoms with E-state index in [0.29, 0.717) is 11.7 Å². The van der Waals surface area contributed by atoms with E-state index in [9.17, 15) is 0 Å². The molecule has 1 saturated heterocycles. The molecule has 0 amide bonds. The van der Waals surface area contributed by atoms with Gasteiger partial charge in [0.2, 0.25) is 0 Å². The second kappa shape index (κ2) is 3.77. The van der Waals surface area contributed by atoms with E-state index in [1.807, 2.05) is 12.1 Å². The van der Waals surface area contributed by atoms with Crippen LogP contribution in [-0.4, -0.2) is 22.5 Å². The summed E-state index contributed by atoms with van der Waals surface area (Å²) in [5.41, 5.74) is 1.51. The summed E-state index contributed by atoms with van der Waals surface area (Å²) in [6.07, 6.45) is 1.28. The van der Waals surface area contributed by atoms with Gasteiger partial charge in [-0.1, -0.05) is 6.07 Å². The molecule has 0 spiro atoms. The zero-order valence-corrected chi connectivity index (χ0v) is 8.27. The van der Waals surface area contributed by atoms with Crippen LogP contribution in [0.3, 0.4) is 0 Å². The molecule has 2 rings (SSSR count). The largest absolute Gasteiger partial charge is 0.295 e. The normalized spacial score (nSPS) is 21.3. The van der Waals surface area contributed by atoms with Crippen molar-refractivity contribution in [2.75, 3.05) is 6.54 Å². The van der Waals surface area contributed by atoms with Crippen LogP contribution < -0.4 is 0 Å². The van der Waals surface area contributed by atoms with Gasteiger partial charge in [-0.2, -0.15) is 5.26 Å². The lowest BCUT2D eigenvalue weighted by Gasteiger charge is -2.38. The monoisotopic (exact) mass is 187 g/mol. The zero-order valence-electron chi connectivity index (χ0n) is 8.27. The first kappa shape index (κ1) is 9.17. The lowest BCUT2D eigenvalue weighted by atomic mass is 10.1. The molecule has 1 unspecified atom stereocenters. The smallest absolute Gasteiger partial charge is 0.140 e. The summed E-state index contributed by atoms with van der Waals surface area (Å²) in [7, 11) is 0. The van der Waals surface area contributed by atoms with E-state index in [1.165, 1.54) is 6.42 Å². The van der Waals surface area contributed by atoms with Gasteiger partial charge in [0, 0.05) is 19.1 Å². The molecule has 0 bridgehead atoms. The van der Waals surface area contributed by atoms with Gasteiger partial charge >= 0.3 is 0 Å². The predicted molar refractivity (Wildman–Crippen MR) is 53.4 cm³/mol. The molecule has 0 N–H and O–H groups in total. The fourth-order valence-electron chi connectivity index (χ4n) is 1.64. The molecule has 72 valence electrons. The molecule has 1 atom stereocenters. The third kappa shape index (κ3) is 1.75. The Balaban J connectivity index is 2.06.